The molecule has 0 radical (unpaired) electrons. The van der Waals surface area contributed by atoms with E-state index in [0.717, 1.165) is 37.7 Å². The summed E-state index contributed by atoms with van der Waals surface area (Å²) in [5.74, 6) is 0.785. The highest BCUT2D eigenvalue weighted by molar-refractivity contribution is 5.73. The molecule has 1 saturated carbocycles. The van der Waals surface area contributed by atoms with Gasteiger partial charge in [-0.2, -0.15) is 5.10 Å². The van der Waals surface area contributed by atoms with E-state index in [2.05, 4.69) is 26.1 Å². The fraction of sp³-hybridized carbons (Fsp3) is 0.778. The summed E-state index contributed by atoms with van der Waals surface area (Å²) >= 11 is 0. The number of urea groups is 1. The molecule has 3 rings (SSSR count). The van der Waals surface area contributed by atoms with E-state index in [0.29, 0.717) is 12.6 Å². The van der Waals surface area contributed by atoms with Gasteiger partial charge in [0.05, 0.1) is 17.9 Å². The van der Waals surface area contributed by atoms with Gasteiger partial charge >= 0.3 is 6.03 Å². The lowest BCUT2D eigenvalue weighted by molar-refractivity contribution is 0.190. The molecule has 1 aromatic heterocycles. The molecule has 2 amide bonds. The molecule has 2 aliphatic rings. The zero-order valence-corrected chi connectivity index (χ0v) is 15.6. The number of nitrogens with two attached hydrogens (primary N) is 1. The average Bonchev–Trinajstić information content (AvgIpc) is 2.86. The summed E-state index contributed by atoms with van der Waals surface area (Å²) in [7, 11) is 3.49. The summed E-state index contributed by atoms with van der Waals surface area (Å²) in [5.41, 5.74) is 8.23. The lowest BCUT2D eigenvalue weighted by atomic mass is 9.86. The van der Waals surface area contributed by atoms with E-state index < -0.39 is 0 Å². The molecule has 2 heterocycles. The largest absolute Gasteiger partial charge is 0.332 e. The van der Waals surface area contributed by atoms with Gasteiger partial charge in [0, 0.05) is 46.3 Å². The molecule has 1 aromatic rings. The standard InChI is InChI=1S/C18H32N6O/c1-22(2)18(25)20-11-16-10-17-13-23(8-3-9-24(17)21-16)12-14-4-6-15(19)7-5-14/h10,14-15H,3-9,11-13,19H2,1-2H3,(H,20,25). The number of aryl methyl sites for hydroxylation is 1. The Hall–Kier alpha value is -1.60. The number of carbonyl (C=O) groups is 1. The molecule has 0 atom stereocenters. The zero-order chi connectivity index (χ0) is 17.8. The van der Waals surface area contributed by atoms with Gasteiger partial charge in [-0.1, -0.05) is 0 Å². The highest BCUT2D eigenvalue weighted by Gasteiger charge is 2.23. The number of hydrogen-bond acceptors (Lipinski definition) is 4. The lowest BCUT2D eigenvalue weighted by Gasteiger charge is -2.30. The minimum absolute atomic E-state index is 0.0830. The van der Waals surface area contributed by atoms with E-state index in [9.17, 15) is 4.79 Å². The van der Waals surface area contributed by atoms with Crippen LogP contribution in [0.5, 0.6) is 0 Å². The number of fused-ring (bicyclic) bond motifs is 1. The van der Waals surface area contributed by atoms with E-state index in [-0.39, 0.29) is 6.03 Å². The first kappa shape index (κ1) is 18.2. The van der Waals surface area contributed by atoms with E-state index in [1.165, 1.54) is 37.9 Å². The van der Waals surface area contributed by atoms with Crippen molar-refractivity contribution in [2.45, 2.75) is 57.8 Å². The first-order valence-electron chi connectivity index (χ1n) is 9.50. The number of rotatable bonds is 4. The molecule has 0 spiro atoms. The normalized spacial score (nSPS) is 24.4. The molecule has 140 valence electrons. The third-order valence-electron chi connectivity index (χ3n) is 5.38. The molecule has 7 heteroatoms. The molecule has 0 saturated heterocycles. The number of nitrogens with one attached hydrogen (secondary N) is 1. The average molecular weight is 348 g/mol. The molecule has 0 bridgehead atoms. The van der Waals surface area contributed by atoms with E-state index in [1.807, 2.05) is 0 Å². The molecular formula is C18H32N6O. The lowest BCUT2D eigenvalue weighted by Crippen LogP contribution is -2.34. The van der Waals surface area contributed by atoms with Gasteiger partial charge in [0.1, 0.15) is 0 Å². The van der Waals surface area contributed by atoms with Crippen LogP contribution in [0, 0.1) is 5.92 Å². The third kappa shape index (κ3) is 4.95. The van der Waals surface area contributed by atoms with Crippen molar-refractivity contribution >= 4 is 6.03 Å². The molecule has 0 aromatic carbocycles. The van der Waals surface area contributed by atoms with Crippen LogP contribution in [-0.2, 0) is 19.6 Å². The van der Waals surface area contributed by atoms with Crippen molar-refractivity contribution in [1.29, 1.82) is 0 Å². The van der Waals surface area contributed by atoms with Gasteiger partial charge in [-0.25, -0.2) is 4.79 Å². The van der Waals surface area contributed by atoms with Crippen molar-refractivity contribution in [2.75, 3.05) is 27.2 Å². The maximum absolute atomic E-state index is 11.7. The predicted molar refractivity (Wildman–Crippen MR) is 98.0 cm³/mol. The summed E-state index contributed by atoms with van der Waals surface area (Å²) < 4.78 is 2.12. The van der Waals surface area contributed by atoms with Crippen LogP contribution in [0.15, 0.2) is 6.07 Å². The van der Waals surface area contributed by atoms with Gasteiger partial charge in [-0.3, -0.25) is 9.58 Å². The monoisotopic (exact) mass is 348 g/mol. The summed E-state index contributed by atoms with van der Waals surface area (Å²) in [6.45, 7) is 4.71. The van der Waals surface area contributed by atoms with Crippen molar-refractivity contribution in [1.82, 2.24) is 24.9 Å². The highest BCUT2D eigenvalue weighted by atomic mass is 16.2. The van der Waals surface area contributed by atoms with Crippen LogP contribution >= 0.6 is 0 Å². The molecule has 0 unspecified atom stereocenters. The summed E-state index contributed by atoms with van der Waals surface area (Å²) in [5, 5.41) is 7.56. The second kappa shape index (κ2) is 8.19. The Bertz CT molecular complexity index is 576. The molecule has 1 fully saturated rings. The molecule has 7 nitrogen and oxygen atoms in total. The maximum Gasteiger partial charge on any atom is 0.317 e. The van der Waals surface area contributed by atoms with E-state index >= 15 is 0 Å². The summed E-state index contributed by atoms with van der Waals surface area (Å²) in [6, 6.07) is 2.48. The molecular weight excluding hydrogens is 316 g/mol. The van der Waals surface area contributed by atoms with Crippen LogP contribution in [-0.4, -0.2) is 58.8 Å². The first-order valence-corrected chi connectivity index (χ1v) is 9.50. The van der Waals surface area contributed by atoms with Crippen molar-refractivity contribution in [3.63, 3.8) is 0 Å². The Labute approximate surface area is 150 Å². The number of amides is 2. The number of nitrogens with zero attached hydrogens (tertiary/aromatic N) is 4. The predicted octanol–water partition coefficient (Wildman–Crippen LogP) is 1.38. The van der Waals surface area contributed by atoms with Crippen LogP contribution in [0.4, 0.5) is 4.79 Å². The Kier molecular flexibility index (Phi) is 5.96. The Morgan fingerprint density at radius 3 is 2.80 bits per heavy atom. The van der Waals surface area contributed by atoms with Crippen LogP contribution < -0.4 is 11.1 Å². The number of carbonyl (C=O) groups excluding carboxylic acids is 1. The fourth-order valence-corrected chi connectivity index (χ4v) is 3.89. The maximum atomic E-state index is 11.7. The highest BCUT2D eigenvalue weighted by Crippen LogP contribution is 2.25. The van der Waals surface area contributed by atoms with Gasteiger partial charge < -0.3 is 16.0 Å². The smallest absolute Gasteiger partial charge is 0.317 e. The first-order chi connectivity index (χ1) is 12.0. The minimum atomic E-state index is -0.0830. The Morgan fingerprint density at radius 2 is 2.08 bits per heavy atom. The van der Waals surface area contributed by atoms with Gasteiger partial charge in [-0.05, 0) is 44.1 Å². The van der Waals surface area contributed by atoms with Crippen LogP contribution in [0.3, 0.4) is 0 Å². The number of hydrogen-bond donors (Lipinski definition) is 2. The summed E-state index contributed by atoms with van der Waals surface area (Å²) in [6.07, 6.45) is 6.00. The van der Waals surface area contributed by atoms with E-state index in [1.54, 1.807) is 19.0 Å². The quantitative estimate of drug-likeness (QED) is 0.861. The molecule has 3 N–H and O–H groups in total. The van der Waals surface area contributed by atoms with Crippen LogP contribution in [0.25, 0.3) is 0 Å². The van der Waals surface area contributed by atoms with Gasteiger partial charge in [-0.15, -0.1) is 0 Å². The Morgan fingerprint density at radius 1 is 1.32 bits per heavy atom. The molecule has 25 heavy (non-hydrogen) atoms. The van der Waals surface area contributed by atoms with Gasteiger partial charge in [0.15, 0.2) is 0 Å². The van der Waals surface area contributed by atoms with Crippen molar-refractivity contribution in [3.05, 3.63) is 17.5 Å². The van der Waals surface area contributed by atoms with Crippen molar-refractivity contribution in [2.24, 2.45) is 11.7 Å². The second-order valence-corrected chi connectivity index (χ2v) is 7.77. The third-order valence-corrected chi connectivity index (χ3v) is 5.38. The van der Waals surface area contributed by atoms with Crippen molar-refractivity contribution < 1.29 is 4.79 Å². The van der Waals surface area contributed by atoms with Crippen LogP contribution in [0.2, 0.25) is 0 Å². The SMILES string of the molecule is CN(C)C(=O)NCc1cc2n(n1)CCCN(CC1CCC(N)CC1)C2. The topological polar surface area (TPSA) is 79.4 Å². The zero-order valence-electron chi connectivity index (χ0n) is 15.6. The van der Waals surface area contributed by atoms with Gasteiger partial charge in [0.25, 0.3) is 0 Å². The second-order valence-electron chi connectivity index (χ2n) is 7.77. The summed E-state index contributed by atoms with van der Waals surface area (Å²) in [4.78, 5) is 15.8. The van der Waals surface area contributed by atoms with Crippen molar-refractivity contribution in [3.8, 4) is 0 Å². The number of aromatic nitrogens is 2. The fourth-order valence-electron chi connectivity index (χ4n) is 3.89. The molecule has 1 aliphatic heterocycles. The van der Waals surface area contributed by atoms with Gasteiger partial charge in [0.2, 0.25) is 0 Å². The minimum Gasteiger partial charge on any atom is -0.332 e. The van der Waals surface area contributed by atoms with Crippen LogP contribution in [0.1, 0.15) is 43.5 Å². The van der Waals surface area contributed by atoms with E-state index in [4.69, 9.17) is 5.73 Å². The Balaban J connectivity index is 1.55. The molecule has 1 aliphatic carbocycles.